The Balaban J connectivity index is 3.14. The van der Waals surface area contributed by atoms with Crippen LogP contribution in [-0.4, -0.2) is 17.4 Å². The van der Waals surface area contributed by atoms with Gasteiger partial charge in [0.1, 0.15) is 16.3 Å². The van der Waals surface area contributed by atoms with Crippen LogP contribution in [0.1, 0.15) is 6.92 Å². The predicted molar refractivity (Wildman–Crippen MR) is 29.7 cm³/mol. The van der Waals surface area contributed by atoms with Gasteiger partial charge < -0.3 is 10.8 Å². The summed E-state index contributed by atoms with van der Waals surface area (Å²) in [5.41, 5.74) is 5.14. The number of nitrogens with two attached hydrogens (primary N) is 1. The summed E-state index contributed by atoms with van der Waals surface area (Å²) in [5.74, 6) is 0. The van der Waals surface area contributed by atoms with E-state index in [1.54, 1.807) is 6.92 Å². The molecule has 0 radical (unpaired) electrons. The lowest BCUT2D eigenvalue weighted by atomic mass is 10.4. The lowest BCUT2D eigenvalue weighted by Crippen LogP contribution is -2.31. The molecule has 0 aliphatic rings. The maximum atomic E-state index is 8.54. The molecule has 0 aromatic heterocycles. The van der Waals surface area contributed by atoms with Crippen molar-refractivity contribution in [3.63, 3.8) is 0 Å². The van der Waals surface area contributed by atoms with Crippen LogP contribution < -0.4 is 5.73 Å². The second kappa shape index (κ2) is 3.37. The van der Waals surface area contributed by atoms with Crippen molar-refractivity contribution in [1.29, 1.82) is 0 Å². The van der Waals surface area contributed by atoms with Crippen LogP contribution in [0.4, 0.5) is 0 Å². The first kappa shape index (κ1) is 7.36. The summed E-state index contributed by atoms with van der Waals surface area (Å²) in [6, 6.07) is -0.348. The van der Waals surface area contributed by atoms with Gasteiger partial charge in [0.15, 0.2) is 6.29 Å². The SMILES string of the molecule is CC(N)C(O)OBr. The monoisotopic (exact) mass is 169 g/mol. The van der Waals surface area contributed by atoms with Crippen molar-refractivity contribution in [2.24, 2.45) is 5.73 Å². The zero-order valence-electron chi connectivity index (χ0n) is 3.97. The van der Waals surface area contributed by atoms with Gasteiger partial charge in [0.25, 0.3) is 0 Å². The smallest absolute Gasteiger partial charge is 0.182 e. The fourth-order valence-electron chi connectivity index (χ4n) is 0.0811. The fraction of sp³-hybridized carbons (Fsp3) is 1.00. The van der Waals surface area contributed by atoms with E-state index in [1.165, 1.54) is 0 Å². The normalized spacial score (nSPS) is 18.9. The molecule has 3 N–H and O–H groups in total. The van der Waals surface area contributed by atoms with Crippen molar-refractivity contribution < 1.29 is 8.93 Å². The molecule has 2 unspecified atom stereocenters. The number of hydrogen-bond donors (Lipinski definition) is 2. The van der Waals surface area contributed by atoms with Crippen LogP contribution in [0.5, 0.6) is 0 Å². The summed E-state index contributed by atoms with van der Waals surface area (Å²) in [4.78, 5) is 0. The third kappa shape index (κ3) is 2.99. The van der Waals surface area contributed by atoms with E-state index >= 15 is 0 Å². The van der Waals surface area contributed by atoms with E-state index in [0.717, 1.165) is 0 Å². The first-order chi connectivity index (χ1) is 3.18. The predicted octanol–water partition coefficient (Wildman–Crippen LogP) is -0.0215. The highest BCUT2D eigenvalue weighted by Gasteiger charge is 2.06. The van der Waals surface area contributed by atoms with E-state index < -0.39 is 6.29 Å². The van der Waals surface area contributed by atoms with Crippen molar-refractivity contribution in [2.45, 2.75) is 19.3 Å². The molecule has 0 fully saturated rings. The third-order valence-corrected chi connectivity index (χ3v) is 0.924. The number of rotatable bonds is 2. The van der Waals surface area contributed by atoms with E-state index in [9.17, 15) is 0 Å². The molecule has 44 valence electrons. The largest absolute Gasteiger partial charge is 0.366 e. The lowest BCUT2D eigenvalue weighted by molar-refractivity contribution is -0.00930. The molecular weight excluding hydrogens is 162 g/mol. The summed E-state index contributed by atoms with van der Waals surface area (Å²) in [5, 5.41) is 8.54. The molecule has 4 heteroatoms. The van der Waals surface area contributed by atoms with Gasteiger partial charge in [-0.3, -0.25) is 3.83 Å². The molecule has 0 heterocycles. The van der Waals surface area contributed by atoms with E-state index in [0.29, 0.717) is 0 Å². The van der Waals surface area contributed by atoms with Crippen LogP contribution in [-0.2, 0) is 3.83 Å². The van der Waals surface area contributed by atoms with E-state index in [-0.39, 0.29) is 6.04 Å². The molecule has 0 rings (SSSR count). The number of hydrogen-bond acceptors (Lipinski definition) is 3. The summed E-state index contributed by atoms with van der Waals surface area (Å²) in [6.07, 6.45) is -0.903. The van der Waals surface area contributed by atoms with Crippen LogP contribution in [0, 0.1) is 0 Å². The van der Waals surface area contributed by atoms with Crippen LogP contribution in [0.15, 0.2) is 0 Å². The molecule has 0 aliphatic heterocycles. The minimum Gasteiger partial charge on any atom is -0.366 e. The van der Waals surface area contributed by atoms with Crippen molar-refractivity contribution in [3.8, 4) is 0 Å². The lowest BCUT2D eigenvalue weighted by Gasteiger charge is -2.08. The molecule has 3 nitrogen and oxygen atoms in total. The quantitative estimate of drug-likeness (QED) is 0.572. The summed E-state index contributed by atoms with van der Waals surface area (Å²) >= 11 is 2.59. The summed E-state index contributed by atoms with van der Waals surface area (Å²) < 4.78 is 4.25. The highest BCUT2D eigenvalue weighted by molar-refractivity contribution is 9.06. The Morgan fingerprint density at radius 1 is 1.86 bits per heavy atom. The van der Waals surface area contributed by atoms with E-state index in [2.05, 4.69) is 20.1 Å². The Labute approximate surface area is 50.9 Å². The van der Waals surface area contributed by atoms with Gasteiger partial charge >= 0.3 is 0 Å². The van der Waals surface area contributed by atoms with Crippen molar-refractivity contribution in [3.05, 3.63) is 0 Å². The fourth-order valence-corrected chi connectivity index (χ4v) is 0.422. The zero-order chi connectivity index (χ0) is 5.86. The Morgan fingerprint density at radius 2 is 2.29 bits per heavy atom. The van der Waals surface area contributed by atoms with Gasteiger partial charge in [-0.1, -0.05) is 0 Å². The van der Waals surface area contributed by atoms with Gasteiger partial charge in [-0.25, -0.2) is 0 Å². The second-order valence-corrected chi connectivity index (χ2v) is 1.71. The van der Waals surface area contributed by atoms with Crippen LogP contribution in [0.2, 0.25) is 0 Å². The van der Waals surface area contributed by atoms with Crippen molar-refractivity contribution in [1.82, 2.24) is 0 Å². The molecule has 0 aromatic rings. The molecule has 2 atom stereocenters. The molecule has 7 heavy (non-hydrogen) atoms. The molecule has 0 saturated heterocycles. The highest BCUT2D eigenvalue weighted by atomic mass is 79.9. The molecular formula is C3H8BrNO2. The van der Waals surface area contributed by atoms with Crippen molar-refractivity contribution >= 4 is 16.3 Å². The molecule has 0 spiro atoms. The Morgan fingerprint density at radius 3 is 2.29 bits per heavy atom. The van der Waals surface area contributed by atoms with Gasteiger partial charge in [0, 0.05) is 0 Å². The Bertz CT molecular complexity index is 50.2. The maximum absolute atomic E-state index is 8.54. The average molecular weight is 170 g/mol. The Kier molecular flexibility index (Phi) is 3.55. The molecule has 0 bridgehead atoms. The van der Waals surface area contributed by atoms with Gasteiger partial charge in [0.2, 0.25) is 0 Å². The number of aliphatic hydroxyl groups excluding tert-OH is 1. The maximum Gasteiger partial charge on any atom is 0.182 e. The first-order valence-corrected chi connectivity index (χ1v) is 2.54. The van der Waals surface area contributed by atoms with Gasteiger partial charge in [-0.2, -0.15) is 0 Å². The first-order valence-electron chi connectivity index (χ1n) is 1.89. The highest BCUT2D eigenvalue weighted by Crippen LogP contribution is 1.95. The van der Waals surface area contributed by atoms with Crippen LogP contribution >= 0.6 is 16.3 Å². The van der Waals surface area contributed by atoms with Crippen LogP contribution in [0.25, 0.3) is 0 Å². The van der Waals surface area contributed by atoms with Crippen LogP contribution in [0.3, 0.4) is 0 Å². The van der Waals surface area contributed by atoms with E-state index in [1.807, 2.05) is 0 Å². The van der Waals surface area contributed by atoms with Gasteiger partial charge in [-0.15, -0.1) is 0 Å². The van der Waals surface area contributed by atoms with Gasteiger partial charge in [0.05, 0.1) is 6.04 Å². The van der Waals surface area contributed by atoms with Crippen molar-refractivity contribution in [2.75, 3.05) is 0 Å². The number of aliphatic hydroxyl groups is 1. The van der Waals surface area contributed by atoms with Gasteiger partial charge in [-0.05, 0) is 6.92 Å². The minimum absolute atomic E-state index is 0.348. The second-order valence-electron chi connectivity index (χ2n) is 1.34. The molecule has 0 amide bonds. The number of halogens is 1. The third-order valence-electron chi connectivity index (χ3n) is 0.541. The Hall–Kier alpha value is 0.360. The average Bonchev–Trinajstić information content (AvgIpc) is 1.65. The zero-order valence-corrected chi connectivity index (χ0v) is 5.55. The molecule has 0 aromatic carbocycles. The molecule has 0 saturated carbocycles. The summed E-state index contributed by atoms with van der Waals surface area (Å²) in [6.45, 7) is 1.64. The van der Waals surface area contributed by atoms with E-state index in [4.69, 9.17) is 10.8 Å². The minimum atomic E-state index is -0.903. The standard InChI is InChI=1S/C3H8BrNO2/c1-2(5)3(6)7-4/h2-3,6H,5H2,1H3. The molecule has 0 aliphatic carbocycles. The summed E-state index contributed by atoms with van der Waals surface area (Å²) in [7, 11) is 0. The topological polar surface area (TPSA) is 55.5 Å².